The molecule has 0 amide bonds. The highest BCUT2D eigenvalue weighted by atomic mass is 35.5. The van der Waals surface area contributed by atoms with Crippen LogP contribution < -0.4 is 5.32 Å². The molecule has 96 valence electrons. The number of rotatable bonds is 5. The third-order valence-corrected chi connectivity index (χ3v) is 2.89. The molecule has 1 aromatic carbocycles. The van der Waals surface area contributed by atoms with Gasteiger partial charge in [0.15, 0.2) is 0 Å². The van der Waals surface area contributed by atoms with E-state index in [0.29, 0.717) is 22.2 Å². The summed E-state index contributed by atoms with van der Waals surface area (Å²) >= 11 is 11.8. The smallest absolute Gasteiger partial charge is 0.313 e. The van der Waals surface area contributed by atoms with Gasteiger partial charge in [-0.2, -0.15) is 13.2 Å². The molecule has 0 bridgehead atoms. The Morgan fingerprint density at radius 3 is 2.24 bits per heavy atom. The minimum Gasteiger partial charge on any atom is -0.313 e. The Hall–Kier alpha value is -0.450. The van der Waals surface area contributed by atoms with Gasteiger partial charge in [-0.3, -0.25) is 0 Å². The zero-order valence-corrected chi connectivity index (χ0v) is 10.5. The van der Waals surface area contributed by atoms with Crippen molar-refractivity contribution in [3.63, 3.8) is 0 Å². The quantitative estimate of drug-likeness (QED) is 0.790. The van der Waals surface area contributed by atoms with E-state index in [-0.39, 0.29) is 13.0 Å². The summed E-state index contributed by atoms with van der Waals surface area (Å²) in [6, 6.07) is 5.11. The van der Waals surface area contributed by atoms with Crippen molar-refractivity contribution < 1.29 is 13.2 Å². The second-order valence-corrected chi connectivity index (χ2v) is 4.41. The Labute approximate surface area is 108 Å². The van der Waals surface area contributed by atoms with Crippen LogP contribution in [0.2, 0.25) is 10.0 Å². The van der Waals surface area contributed by atoms with E-state index in [1.54, 1.807) is 18.2 Å². The van der Waals surface area contributed by atoms with Gasteiger partial charge >= 0.3 is 6.18 Å². The van der Waals surface area contributed by atoms with Crippen LogP contribution in [0.1, 0.15) is 18.4 Å². The predicted molar refractivity (Wildman–Crippen MR) is 63.5 cm³/mol. The van der Waals surface area contributed by atoms with Crippen LogP contribution in [-0.4, -0.2) is 12.7 Å². The number of alkyl halides is 3. The fourth-order valence-corrected chi connectivity index (χ4v) is 1.86. The number of nitrogens with one attached hydrogen (secondary N) is 1. The predicted octanol–water partition coefficient (Wildman–Crippen LogP) is 4.43. The highest BCUT2D eigenvalue weighted by molar-refractivity contribution is 6.35. The lowest BCUT2D eigenvalue weighted by Gasteiger charge is -2.09. The molecule has 0 aromatic heterocycles. The zero-order valence-electron chi connectivity index (χ0n) is 8.95. The second-order valence-electron chi connectivity index (χ2n) is 3.60. The van der Waals surface area contributed by atoms with Crippen molar-refractivity contribution >= 4 is 23.2 Å². The van der Waals surface area contributed by atoms with Gasteiger partial charge in [0.1, 0.15) is 0 Å². The fourth-order valence-electron chi connectivity index (χ4n) is 1.33. The Balaban J connectivity index is 2.32. The van der Waals surface area contributed by atoms with E-state index in [1.807, 2.05) is 0 Å². The van der Waals surface area contributed by atoms with Gasteiger partial charge < -0.3 is 5.32 Å². The summed E-state index contributed by atoms with van der Waals surface area (Å²) in [5.74, 6) is 0. The van der Waals surface area contributed by atoms with E-state index >= 15 is 0 Å². The van der Waals surface area contributed by atoms with Crippen LogP contribution in [0.25, 0.3) is 0 Å². The first kappa shape index (κ1) is 14.6. The van der Waals surface area contributed by atoms with Crippen molar-refractivity contribution in [1.82, 2.24) is 5.32 Å². The molecule has 6 heteroatoms. The molecule has 1 aromatic rings. The monoisotopic (exact) mass is 285 g/mol. The fraction of sp³-hybridized carbons (Fsp3) is 0.455. The number of hydrogen-bond acceptors (Lipinski definition) is 1. The number of benzene rings is 1. The third-order valence-electron chi connectivity index (χ3n) is 2.18. The molecular weight excluding hydrogens is 274 g/mol. The molecule has 0 aliphatic heterocycles. The molecule has 0 unspecified atom stereocenters. The molecule has 0 fully saturated rings. The summed E-state index contributed by atoms with van der Waals surface area (Å²) in [6.45, 7) is 0.650. The van der Waals surface area contributed by atoms with E-state index in [1.165, 1.54) is 0 Å². The van der Waals surface area contributed by atoms with Crippen LogP contribution in [-0.2, 0) is 6.54 Å². The zero-order chi connectivity index (χ0) is 12.9. The molecule has 0 heterocycles. The van der Waals surface area contributed by atoms with Crippen molar-refractivity contribution in [3.8, 4) is 0 Å². The maximum absolute atomic E-state index is 11.9. The Bertz CT molecular complexity index is 346. The van der Waals surface area contributed by atoms with Gasteiger partial charge in [-0.05, 0) is 25.1 Å². The molecule has 1 nitrogen and oxygen atoms in total. The van der Waals surface area contributed by atoms with E-state index in [4.69, 9.17) is 23.2 Å². The Morgan fingerprint density at radius 1 is 1.12 bits per heavy atom. The highest BCUT2D eigenvalue weighted by Gasteiger charge is 2.25. The first-order valence-electron chi connectivity index (χ1n) is 5.10. The normalized spacial score (nSPS) is 11.8. The van der Waals surface area contributed by atoms with Crippen molar-refractivity contribution in [3.05, 3.63) is 33.8 Å². The highest BCUT2D eigenvalue weighted by Crippen LogP contribution is 2.24. The number of hydrogen-bond donors (Lipinski definition) is 1. The largest absolute Gasteiger partial charge is 0.389 e. The van der Waals surface area contributed by atoms with Crippen LogP contribution in [0.5, 0.6) is 0 Å². The molecule has 0 atom stereocenters. The van der Waals surface area contributed by atoms with Crippen LogP contribution in [0.4, 0.5) is 13.2 Å². The average Bonchev–Trinajstić information content (AvgIpc) is 2.20. The van der Waals surface area contributed by atoms with Crippen molar-refractivity contribution in [2.24, 2.45) is 0 Å². The summed E-state index contributed by atoms with van der Waals surface area (Å²) in [5.41, 5.74) is 0.711. The van der Waals surface area contributed by atoms with Gasteiger partial charge in [-0.1, -0.05) is 29.3 Å². The summed E-state index contributed by atoms with van der Waals surface area (Å²) in [4.78, 5) is 0. The molecular formula is C11H12Cl2F3N. The molecule has 1 N–H and O–H groups in total. The van der Waals surface area contributed by atoms with Crippen LogP contribution >= 0.6 is 23.2 Å². The van der Waals surface area contributed by atoms with Gasteiger partial charge in [-0.25, -0.2) is 0 Å². The van der Waals surface area contributed by atoms with Crippen LogP contribution in [0.3, 0.4) is 0 Å². The van der Waals surface area contributed by atoms with Crippen LogP contribution in [0.15, 0.2) is 18.2 Å². The standard InChI is InChI=1S/C11H12Cl2F3N/c12-9-3-1-4-10(13)8(9)7-17-6-2-5-11(14,15)16/h1,3-4,17H,2,5-7H2. The van der Waals surface area contributed by atoms with Gasteiger partial charge in [0.05, 0.1) is 0 Å². The molecule has 0 saturated heterocycles. The van der Waals surface area contributed by atoms with E-state index in [0.717, 1.165) is 0 Å². The maximum Gasteiger partial charge on any atom is 0.389 e. The van der Waals surface area contributed by atoms with Gasteiger partial charge in [0.2, 0.25) is 0 Å². The molecule has 0 aliphatic carbocycles. The lowest BCUT2D eigenvalue weighted by molar-refractivity contribution is -0.135. The lowest BCUT2D eigenvalue weighted by atomic mass is 10.2. The third kappa shape index (κ3) is 5.61. The summed E-state index contributed by atoms with van der Waals surface area (Å²) in [7, 11) is 0. The lowest BCUT2D eigenvalue weighted by Crippen LogP contribution is -2.18. The summed E-state index contributed by atoms with van der Waals surface area (Å²) in [6.07, 6.45) is -4.83. The van der Waals surface area contributed by atoms with E-state index in [2.05, 4.69) is 5.32 Å². The first-order chi connectivity index (χ1) is 7.90. The minimum atomic E-state index is -4.09. The van der Waals surface area contributed by atoms with Gasteiger partial charge in [0.25, 0.3) is 0 Å². The molecule has 0 saturated carbocycles. The van der Waals surface area contributed by atoms with Crippen molar-refractivity contribution in [2.75, 3.05) is 6.54 Å². The minimum absolute atomic E-state index is 0.0472. The molecule has 0 aliphatic rings. The first-order valence-corrected chi connectivity index (χ1v) is 5.86. The second kappa shape index (κ2) is 6.47. The average molecular weight is 286 g/mol. The Morgan fingerprint density at radius 2 is 1.71 bits per heavy atom. The van der Waals surface area contributed by atoms with Crippen molar-refractivity contribution in [2.45, 2.75) is 25.6 Å². The topological polar surface area (TPSA) is 12.0 Å². The van der Waals surface area contributed by atoms with E-state index < -0.39 is 12.6 Å². The number of halogens is 5. The van der Waals surface area contributed by atoms with Gasteiger partial charge in [0, 0.05) is 28.6 Å². The van der Waals surface area contributed by atoms with Gasteiger partial charge in [-0.15, -0.1) is 0 Å². The molecule has 17 heavy (non-hydrogen) atoms. The maximum atomic E-state index is 11.9. The van der Waals surface area contributed by atoms with Crippen LogP contribution in [0, 0.1) is 0 Å². The molecule has 1 rings (SSSR count). The van der Waals surface area contributed by atoms with Crippen molar-refractivity contribution in [1.29, 1.82) is 0 Å². The summed E-state index contributed by atoms with van der Waals surface area (Å²) < 4.78 is 35.6. The SMILES string of the molecule is FC(F)(F)CCCNCc1c(Cl)cccc1Cl. The Kier molecular flexibility index (Phi) is 5.56. The molecule has 0 spiro atoms. The van der Waals surface area contributed by atoms with E-state index in [9.17, 15) is 13.2 Å². The molecule has 0 radical (unpaired) electrons. The summed E-state index contributed by atoms with van der Waals surface area (Å²) in [5, 5.41) is 3.92.